The van der Waals surface area contributed by atoms with Crippen molar-refractivity contribution in [1.82, 2.24) is 30.0 Å². The second-order valence-electron chi connectivity index (χ2n) is 5.82. The van der Waals surface area contributed by atoms with Gasteiger partial charge in [-0.3, -0.25) is 5.32 Å². The molecule has 4 rings (SSSR count). The molecule has 1 saturated heterocycles. The molecule has 4 heterocycles. The van der Waals surface area contributed by atoms with Gasteiger partial charge in [-0.25, -0.2) is 24.6 Å². The molecule has 2 aromatic heterocycles. The lowest BCUT2D eigenvalue weighted by molar-refractivity contribution is 0.0234. The summed E-state index contributed by atoms with van der Waals surface area (Å²) in [4.78, 5) is 16.8. The molecular weight excluding hydrogens is 308 g/mol. The molecule has 2 aliphatic rings. The fourth-order valence-electron chi connectivity index (χ4n) is 3.07. The quantitative estimate of drug-likeness (QED) is 0.787. The number of piperidine rings is 1. The van der Waals surface area contributed by atoms with Crippen LogP contribution in [0, 0.1) is 5.92 Å². The SMILES string of the molecule is C=CC1CCNCC12CN=C(Nc1cc(-n3cncn3)ncn1)O2. The monoisotopic (exact) mass is 326 g/mol. The van der Waals surface area contributed by atoms with Crippen LogP contribution in [0.4, 0.5) is 5.82 Å². The van der Waals surface area contributed by atoms with Gasteiger partial charge in [0.05, 0.1) is 6.54 Å². The molecule has 2 unspecified atom stereocenters. The van der Waals surface area contributed by atoms with Crippen LogP contribution in [0.1, 0.15) is 6.42 Å². The zero-order valence-corrected chi connectivity index (χ0v) is 13.1. The van der Waals surface area contributed by atoms with Crippen LogP contribution in [-0.2, 0) is 4.74 Å². The van der Waals surface area contributed by atoms with Crippen molar-refractivity contribution in [3.8, 4) is 5.82 Å². The van der Waals surface area contributed by atoms with E-state index in [1.54, 1.807) is 17.1 Å². The first-order valence-electron chi connectivity index (χ1n) is 7.80. The molecule has 124 valence electrons. The van der Waals surface area contributed by atoms with Gasteiger partial charge in [0.2, 0.25) is 0 Å². The minimum absolute atomic E-state index is 0.276. The van der Waals surface area contributed by atoms with Crippen LogP contribution >= 0.6 is 0 Å². The third kappa shape index (κ3) is 2.62. The Balaban J connectivity index is 1.49. The molecule has 24 heavy (non-hydrogen) atoms. The van der Waals surface area contributed by atoms with Crippen molar-refractivity contribution in [3.05, 3.63) is 37.7 Å². The van der Waals surface area contributed by atoms with Gasteiger partial charge in [-0.15, -0.1) is 6.58 Å². The van der Waals surface area contributed by atoms with E-state index in [2.05, 4.69) is 42.3 Å². The van der Waals surface area contributed by atoms with E-state index < -0.39 is 0 Å². The van der Waals surface area contributed by atoms with Gasteiger partial charge in [0.1, 0.15) is 24.8 Å². The minimum atomic E-state index is -0.357. The van der Waals surface area contributed by atoms with E-state index in [1.807, 2.05) is 6.08 Å². The second-order valence-corrected chi connectivity index (χ2v) is 5.82. The maximum atomic E-state index is 6.14. The molecule has 1 spiro atoms. The smallest absolute Gasteiger partial charge is 0.291 e. The van der Waals surface area contributed by atoms with E-state index in [-0.39, 0.29) is 11.5 Å². The Hall–Kier alpha value is -2.81. The first kappa shape index (κ1) is 14.8. The van der Waals surface area contributed by atoms with Crippen LogP contribution in [0.25, 0.3) is 5.82 Å². The van der Waals surface area contributed by atoms with Gasteiger partial charge >= 0.3 is 0 Å². The molecular formula is C15H18N8O. The summed E-state index contributed by atoms with van der Waals surface area (Å²) in [6.07, 6.45) is 7.45. The average Bonchev–Trinajstić information content (AvgIpc) is 3.27. The van der Waals surface area contributed by atoms with Crippen LogP contribution in [-0.4, -0.2) is 56.0 Å². The van der Waals surface area contributed by atoms with Gasteiger partial charge in [0.15, 0.2) is 11.4 Å². The van der Waals surface area contributed by atoms with Crippen LogP contribution in [0.3, 0.4) is 0 Å². The van der Waals surface area contributed by atoms with Crippen molar-refractivity contribution in [1.29, 1.82) is 0 Å². The van der Waals surface area contributed by atoms with Crippen LogP contribution in [0.2, 0.25) is 0 Å². The molecule has 2 aliphatic heterocycles. The third-order valence-electron chi connectivity index (χ3n) is 4.35. The van der Waals surface area contributed by atoms with Gasteiger partial charge in [0, 0.05) is 18.5 Å². The molecule has 0 saturated carbocycles. The van der Waals surface area contributed by atoms with E-state index in [0.717, 1.165) is 19.5 Å². The van der Waals surface area contributed by atoms with E-state index in [0.29, 0.717) is 24.2 Å². The maximum absolute atomic E-state index is 6.14. The molecule has 2 N–H and O–H groups in total. The molecule has 0 aromatic carbocycles. The zero-order valence-electron chi connectivity index (χ0n) is 13.1. The maximum Gasteiger partial charge on any atom is 0.291 e. The summed E-state index contributed by atoms with van der Waals surface area (Å²) in [6, 6.07) is 2.23. The summed E-state index contributed by atoms with van der Waals surface area (Å²) in [5.74, 6) is 1.48. The largest absolute Gasteiger partial charge is 0.454 e. The Labute approximate surface area is 138 Å². The summed E-state index contributed by atoms with van der Waals surface area (Å²) in [7, 11) is 0. The summed E-state index contributed by atoms with van der Waals surface area (Å²) in [5, 5.41) is 10.5. The molecule has 0 bridgehead atoms. The highest BCUT2D eigenvalue weighted by Crippen LogP contribution is 2.32. The number of amidine groups is 1. The number of rotatable bonds is 3. The number of aliphatic imine (C=N–C) groups is 1. The standard InChI is InChI=1S/C15H18N8O/c1-2-11-3-4-16-6-15(11)7-18-14(24-15)22-12-5-13(20-9-19-12)23-10-17-8-21-23/h2,5,8-11,16H,1,3-4,6-7H2,(H,18,19,20,22). The lowest BCUT2D eigenvalue weighted by Crippen LogP contribution is -2.54. The van der Waals surface area contributed by atoms with Crippen molar-refractivity contribution in [3.63, 3.8) is 0 Å². The normalized spacial score (nSPS) is 26.0. The summed E-state index contributed by atoms with van der Waals surface area (Å²) in [5.41, 5.74) is -0.357. The van der Waals surface area contributed by atoms with E-state index in [4.69, 9.17) is 4.74 Å². The summed E-state index contributed by atoms with van der Waals surface area (Å²) in [6.45, 7) is 6.26. The number of hydrogen-bond acceptors (Lipinski definition) is 8. The van der Waals surface area contributed by atoms with Crippen LogP contribution in [0.15, 0.2) is 42.7 Å². The van der Waals surface area contributed by atoms with Gasteiger partial charge < -0.3 is 10.1 Å². The number of nitrogens with one attached hydrogen (secondary N) is 2. The Morgan fingerprint density at radius 1 is 1.42 bits per heavy atom. The lowest BCUT2D eigenvalue weighted by atomic mass is 9.82. The highest BCUT2D eigenvalue weighted by Gasteiger charge is 2.45. The number of anilines is 1. The number of aromatic nitrogens is 5. The molecule has 2 atom stereocenters. The van der Waals surface area contributed by atoms with E-state index in [9.17, 15) is 0 Å². The minimum Gasteiger partial charge on any atom is -0.454 e. The average molecular weight is 326 g/mol. The molecule has 0 aliphatic carbocycles. The van der Waals surface area contributed by atoms with Crippen molar-refractivity contribution >= 4 is 11.8 Å². The number of hydrogen-bond donors (Lipinski definition) is 2. The molecule has 2 aromatic rings. The van der Waals surface area contributed by atoms with Gasteiger partial charge in [-0.1, -0.05) is 6.08 Å². The Bertz CT molecular complexity index is 759. The van der Waals surface area contributed by atoms with Gasteiger partial charge in [0.25, 0.3) is 6.02 Å². The highest BCUT2D eigenvalue weighted by atomic mass is 16.5. The fourth-order valence-corrected chi connectivity index (χ4v) is 3.07. The van der Waals surface area contributed by atoms with Crippen molar-refractivity contribution in [2.75, 3.05) is 25.0 Å². The summed E-state index contributed by atoms with van der Waals surface area (Å²) >= 11 is 0. The Morgan fingerprint density at radius 2 is 2.38 bits per heavy atom. The van der Waals surface area contributed by atoms with Gasteiger partial charge in [-0.05, 0) is 13.0 Å². The molecule has 9 heteroatoms. The Morgan fingerprint density at radius 3 is 3.21 bits per heavy atom. The van der Waals surface area contributed by atoms with Crippen molar-refractivity contribution < 1.29 is 4.74 Å². The van der Waals surface area contributed by atoms with Crippen LogP contribution < -0.4 is 10.6 Å². The molecule has 9 nitrogen and oxygen atoms in total. The van der Waals surface area contributed by atoms with Gasteiger partial charge in [-0.2, -0.15) is 5.10 Å². The lowest BCUT2D eigenvalue weighted by Gasteiger charge is -2.38. The number of ether oxygens (including phenoxy) is 1. The second kappa shape index (κ2) is 6.00. The fraction of sp³-hybridized carbons (Fsp3) is 0.400. The first-order chi connectivity index (χ1) is 11.8. The zero-order chi connectivity index (χ0) is 16.4. The predicted molar refractivity (Wildman–Crippen MR) is 87.9 cm³/mol. The topological polar surface area (TPSA) is 102 Å². The first-order valence-corrected chi connectivity index (χ1v) is 7.80. The Kier molecular flexibility index (Phi) is 3.69. The predicted octanol–water partition coefficient (Wildman–Crippen LogP) is 0.390. The summed E-state index contributed by atoms with van der Waals surface area (Å²) < 4.78 is 7.70. The third-order valence-corrected chi connectivity index (χ3v) is 4.35. The highest BCUT2D eigenvalue weighted by molar-refractivity contribution is 5.89. The molecule has 0 radical (unpaired) electrons. The number of nitrogens with zero attached hydrogens (tertiary/aromatic N) is 6. The van der Waals surface area contributed by atoms with Crippen LogP contribution in [0.5, 0.6) is 0 Å². The van der Waals surface area contributed by atoms with Crippen molar-refractivity contribution in [2.45, 2.75) is 12.0 Å². The van der Waals surface area contributed by atoms with E-state index in [1.165, 1.54) is 12.7 Å². The van der Waals surface area contributed by atoms with E-state index >= 15 is 0 Å². The van der Waals surface area contributed by atoms with Crippen molar-refractivity contribution in [2.24, 2.45) is 10.9 Å². The molecule has 0 amide bonds. The molecule has 1 fully saturated rings.